The molecule has 0 saturated carbocycles. The number of carbonyl (C=O) groups is 1. The molecule has 0 fully saturated rings. The van der Waals surface area contributed by atoms with Gasteiger partial charge in [0.2, 0.25) is 5.91 Å². The fourth-order valence-electron chi connectivity index (χ4n) is 2.58. The molecular formula is C20H20N4O3. The maximum Gasteiger partial charge on any atom is 0.267 e. The second-order valence-electron chi connectivity index (χ2n) is 5.83. The number of nitrogens with one attached hydrogen (secondary N) is 1. The van der Waals surface area contributed by atoms with Gasteiger partial charge in [-0.25, -0.2) is 4.68 Å². The molecule has 0 aliphatic rings. The molecule has 7 heteroatoms. The van der Waals surface area contributed by atoms with E-state index in [9.17, 15) is 9.59 Å². The summed E-state index contributed by atoms with van der Waals surface area (Å²) in [5.74, 6) is 0.218. The number of anilines is 1. The average Bonchev–Trinajstić information content (AvgIpc) is 2.70. The van der Waals surface area contributed by atoms with Gasteiger partial charge >= 0.3 is 0 Å². The number of aromatic nitrogens is 3. The van der Waals surface area contributed by atoms with Crippen LogP contribution in [0.25, 0.3) is 11.3 Å². The van der Waals surface area contributed by atoms with Crippen LogP contribution >= 0.6 is 0 Å². The number of rotatable bonds is 6. The van der Waals surface area contributed by atoms with E-state index < -0.39 is 6.04 Å². The quantitative estimate of drug-likeness (QED) is 0.727. The maximum atomic E-state index is 12.7. The van der Waals surface area contributed by atoms with Crippen molar-refractivity contribution in [2.45, 2.75) is 19.9 Å². The Morgan fingerprint density at radius 2 is 1.89 bits per heavy atom. The predicted octanol–water partition coefficient (Wildman–Crippen LogP) is 2.90. The molecule has 0 radical (unpaired) electrons. The molecule has 27 heavy (non-hydrogen) atoms. The Balaban J connectivity index is 1.86. The third-order valence-corrected chi connectivity index (χ3v) is 3.99. The lowest BCUT2D eigenvalue weighted by Gasteiger charge is -2.16. The van der Waals surface area contributed by atoms with Gasteiger partial charge in [0.1, 0.15) is 11.8 Å². The van der Waals surface area contributed by atoms with Gasteiger partial charge in [-0.2, -0.15) is 5.10 Å². The predicted molar refractivity (Wildman–Crippen MR) is 103 cm³/mol. The van der Waals surface area contributed by atoms with Crippen molar-refractivity contribution >= 4 is 11.6 Å². The second kappa shape index (κ2) is 8.27. The van der Waals surface area contributed by atoms with Crippen molar-refractivity contribution in [1.82, 2.24) is 14.8 Å². The van der Waals surface area contributed by atoms with Gasteiger partial charge in [0, 0.05) is 24.0 Å². The topological polar surface area (TPSA) is 86.1 Å². The first-order chi connectivity index (χ1) is 13.1. The number of benzene rings is 1. The number of pyridine rings is 1. The molecule has 1 aromatic carbocycles. The van der Waals surface area contributed by atoms with Crippen LogP contribution in [0.15, 0.2) is 65.7 Å². The van der Waals surface area contributed by atoms with Crippen molar-refractivity contribution in [3.8, 4) is 17.0 Å². The van der Waals surface area contributed by atoms with Crippen molar-refractivity contribution < 1.29 is 9.53 Å². The monoisotopic (exact) mass is 364 g/mol. The standard InChI is InChI=1S/C20H20N4O3/c1-3-27-18-7-5-4-6-17(18)22-20(26)14(2)24-19(25)9-8-16(23-24)15-10-12-21-13-11-15/h4-14H,3H2,1-2H3,(H,22,26). The van der Waals surface area contributed by atoms with Crippen LogP contribution in [0.4, 0.5) is 5.69 Å². The summed E-state index contributed by atoms with van der Waals surface area (Å²) in [5.41, 5.74) is 1.60. The zero-order valence-corrected chi connectivity index (χ0v) is 15.1. The molecule has 0 saturated heterocycles. The number of hydrogen-bond donors (Lipinski definition) is 1. The van der Waals surface area contributed by atoms with Crippen LogP contribution in [-0.4, -0.2) is 27.3 Å². The fraction of sp³-hybridized carbons (Fsp3) is 0.200. The van der Waals surface area contributed by atoms with Crippen LogP contribution in [0, 0.1) is 0 Å². The lowest BCUT2D eigenvalue weighted by molar-refractivity contribution is -0.119. The maximum absolute atomic E-state index is 12.7. The molecule has 0 spiro atoms. The van der Waals surface area contributed by atoms with Crippen LogP contribution in [0.1, 0.15) is 19.9 Å². The molecule has 2 aromatic heterocycles. The molecule has 1 amide bonds. The Morgan fingerprint density at radius 1 is 1.15 bits per heavy atom. The van der Waals surface area contributed by atoms with Crippen molar-refractivity contribution in [3.63, 3.8) is 0 Å². The Bertz CT molecular complexity index is 986. The largest absolute Gasteiger partial charge is 0.492 e. The van der Waals surface area contributed by atoms with E-state index in [1.807, 2.05) is 13.0 Å². The highest BCUT2D eigenvalue weighted by atomic mass is 16.5. The molecule has 1 N–H and O–H groups in total. The normalized spacial score (nSPS) is 11.6. The molecule has 2 heterocycles. The zero-order chi connectivity index (χ0) is 19.2. The smallest absolute Gasteiger partial charge is 0.267 e. The van der Waals surface area contributed by atoms with Gasteiger partial charge in [0.05, 0.1) is 18.0 Å². The highest BCUT2D eigenvalue weighted by Crippen LogP contribution is 2.24. The minimum Gasteiger partial charge on any atom is -0.492 e. The number of amides is 1. The molecule has 1 unspecified atom stereocenters. The summed E-state index contributed by atoms with van der Waals surface area (Å²) in [6, 6.07) is 13.0. The summed E-state index contributed by atoms with van der Waals surface area (Å²) >= 11 is 0. The van der Waals surface area contributed by atoms with E-state index in [0.29, 0.717) is 23.7 Å². The molecule has 0 bridgehead atoms. The zero-order valence-electron chi connectivity index (χ0n) is 15.1. The second-order valence-corrected chi connectivity index (χ2v) is 5.83. The summed E-state index contributed by atoms with van der Waals surface area (Å²) in [5, 5.41) is 7.15. The number of hydrogen-bond acceptors (Lipinski definition) is 5. The summed E-state index contributed by atoms with van der Waals surface area (Å²) < 4.78 is 6.69. The Morgan fingerprint density at radius 3 is 2.63 bits per heavy atom. The minimum absolute atomic E-state index is 0.353. The highest BCUT2D eigenvalue weighted by Gasteiger charge is 2.19. The van der Waals surface area contributed by atoms with Crippen LogP contribution in [0.3, 0.4) is 0 Å². The van der Waals surface area contributed by atoms with Gasteiger partial charge in [0.15, 0.2) is 0 Å². The molecule has 0 aliphatic carbocycles. The SMILES string of the molecule is CCOc1ccccc1NC(=O)C(C)n1nc(-c2ccncc2)ccc1=O. The first-order valence-corrected chi connectivity index (χ1v) is 8.63. The summed E-state index contributed by atoms with van der Waals surface area (Å²) in [4.78, 5) is 28.9. The van der Waals surface area contributed by atoms with Gasteiger partial charge < -0.3 is 10.1 Å². The first kappa shape index (κ1) is 18.3. The van der Waals surface area contributed by atoms with E-state index in [1.54, 1.807) is 55.7 Å². The fourth-order valence-corrected chi connectivity index (χ4v) is 2.58. The van der Waals surface area contributed by atoms with Crippen molar-refractivity contribution in [1.29, 1.82) is 0 Å². The summed E-state index contributed by atoms with van der Waals surface area (Å²) in [7, 11) is 0. The lowest BCUT2D eigenvalue weighted by Crippen LogP contribution is -2.33. The Hall–Kier alpha value is -3.48. The molecule has 3 aromatic rings. The molecule has 1 atom stereocenters. The van der Waals surface area contributed by atoms with Crippen LogP contribution in [-0.2, 0) is 4.79 Å². The van der Waals surface area contributed by atoms with Gasteiger partial charge in [-0.1, -0.05) is 12.1 Å². The van der Waals surface area contributed by atoms with Crippen LogP contribution < -0.4 is 15.6 Å². The van der Waals surface area contributed by atoms with Gasteiger partial charge in [-0.05, 0) is 44.2 Å². The minimum atomic E-state index is -0.797. The van der Waals surface area contributed by atoms with E-state index >= 15 is 0 Å². The van der Waals surface area contributed by atoms with Crippen LogP contribution in [0.2, 0.25) is 0 Å². The highest BCUT2D eigenvalue weighted by molar-refractivity contribution is 5.94. The van der Waals surface area contributed by atoms with E-state index in [2.05, 4.69) is 15.4 Å². The van der Waals surface area contributed by atoms with Gasteiger partial charge in [-0.15, -0.1) is 0 Å². The number of nitrogens with zero attached hydrogens (tertiary/aromatic N) is 3. The lowest BCUT2D eigenvalue weighted by atomic mass is 10.2. The molecule has 0 aliphatic heterocycles. The third kappa shape index (κ3) is 4.20. The molecule has 7 nitrogen and oxygen atoms in total. The first-order valence-electron chi connectivity index (χ1n) is 8.63. The average molecular weight is 364 g/mol. The van der Waals surface area contributed by atoms with Crippen molar-refractivity contribution in [3.05, 3.63) is 71.3 Å². The van der Waals surface area contributed by atoms with Gasteiger partial charge in [-0.3, -0.25) is 14.6 Å². The molecule has 3 rings (SSSR count). The Labute approximate surface area is 156 Å². The summed E-state index contributed by atoms with van der Waals surface area (Å²) in [6.45, 7) is 3.98. The van der Waals surface area contributed by atoms with E-state index in [1.165, 1.54) is 10.7 Å². The van der Waals surface area contributed by atoms with Gasteiger partial charge in [0.25, 0.3) is 5.56 Å². The molecular weight excluding hydrogens is 344 g/mol. The van der Waals surface area contributed by atoms with E-state index in [-0.39, 0.29) is 11.5 Å². The number of para-hydroxylation sites is 2. The Kier molecular flexibility index (Phi) is 5.61. The van der Waals surface area contributed by atoms with E-state index in [0.717, 1.165) is 5.56 Å². The molecule has 138 valence electrons. The summed E-state index contributed by atoms with van der Waals surface area (Å²) in [6.07, 6.45) is 3.29. The van der Waals surface area contributed by atoms with Crippen molar-refractivity contribution in [2.24, 2.45) is 0 Å². The third-order valence-electron chi connectivity index (χ3n) is 3.99. The van der Waals surface area contributed by atoms with E-state index in [4.69, 9.17) is 4.74 Å². The number of ether oxygens (including phenoxy) is 1. The number of carbonyl (C=O) groups excluding carboxylic acids is 1. The van der Waals surface area contributed by atoms with Crippen molar-refractivity contribution in [2.75, 3.05) is 11.9 Å². The van der Waals surface area contributed by atoms with Crippen LogP contribution in [0.5, 0.6) is 5.75 Å².